The van der Waals surface area contributed by atoms with E-state index >= 15 is 0 Å². The molecule has 1 fully saturated rings. The van der Waals surface area contributed by atoms with Crippen molar-refractivity contribution in [1.29, 1.82) is 0 Å². The van der Waals surface area contributed by atoms with Gasteiger partial charge in [-0.15, -0.1) is 0 Å². The molecule has 0 radical (unpaired) electrons. The van der Waals surface area contributed by atoms with Gasteiger partial charge in [-0.1, -0.05) is 32.0 Å². The largest absolute Gasteiger partial charge is 0.398 e. The van der Waals surface area contributed by atoms with Crippen molar-refractivity contribution in [2.24, 2.45) is 5.41 Å². The first-order chi connectivity index (χ1) is 8.96. The number of amides is 1. The molecule has 3 N–H and O–H groups in total. The second-order valence-corrected chi connectivity index (χ2v) is 6.38. The smallest absolute Gasteiger partial charge is 0.224 e. The number of rotatable bonds is 3. The van der Waals surface area contributed by atoms with E-state index < -0.39 is 0 Å². The predicted molar refractivity (Wildman–Crippen MR) is 78.7 cm³/mol. The highest BCUT2D eigenvalue weighted by Gasteiger charge is 2.27. The lowest BCUT2D eigenvalue weighted by Crippen LogP contribution is -2.40. The van der Waals surface area contributed by atoms with Crippen molar-refractivity contribution in [1.82, 2.24) is 5.32 Å². The zero-order valence-corrected chi connectivity index (χ0v) is 11.9. The van der Waals surface area contributed by atoms with E-state index in [4.69, 9.17) is 5.73 Å². The fraction of sp³-hybridized carbons (Fsp3) is 0.562. The second kappa shape index (κ2) is 5.64. The van der Waals surface area contributed by atoms with Crippen LogP contribution < -0.4 is 11.1 Å². The van der Waals surface area contributed by atoms with Crippen LogP contribution in [0.25, 0.3) is 0 Å². The van der Waals surface area contributed by atoms with Gasteiger partial charge in [0.25, 0.3) is 0 Å². The summed E-state index contributed by atoms with van der Waals surface area (Å²) in [4.78, 5) is 12.0. The van der Waals surface area contributed by atoms with Gasteiger partial charge in [0.15, 0.2) is 0 Å². The molecule has 3 heteroatoms. The Labute approximate surface area is 115 Å². The maximum atomic E-state index is 12.0. The summed E-state index contributed by atoms with van der Waals surface area (Å²) in [6.07, 6.45) is 4.93. The fourth-order valence-electron chi connectivity index (χ4n) is 2.69. The Morgan fingerprint density at radius 2 is 1.95 bits per heavy atom. The highest BCUT2D eigenvalue weighted by atomic mass is 16.1. The van der Waals surface area contributed by atoms with Gasteiger partial charge in [-0.05, 0) is 42.7 Å². The standard InChI is InChI=1S/C16H24N2O/c1-16(2)9-7-13(8-10-16)18-15(19)11-12-5-3-4-6-14(12)17/h3-6,13H,7-11,17H2,1-2H3,(H,18,19). The molecule has 0 unspecified atom stereocenters. The molecule has 1 amide bonds. The first kappa shape index (κ1) is 13.9. The van der Waals surface area contributed by atoms with Crippen molar-refractivity contribution in [3.8, 4) is 0 Å². The molecule has 1 aliphatic rings. The number of nitrogens with two attached hydrogens (primary N) is 1. The quantitative estimate of drug-likeness (QED) is 0.821. The van der Waals surface area contributed by atoms with E-state index in [1.165, 1.54) is 12.8 Å². The van der Waals surface area contributed by atoms with Crippen LogP contribution in [0.1, 0.15) is 45.1 Å². The molecule has 1 saturated carbocycles. The minimum atomic E-state index is 0.0857. The van der Waals surface area contributed by atoms with Crippen molar-refractivity contribution in [3.05, 3.63) is 29.8 Å². The number of nitrogen functional groups attached to an aromatic ring is 1. The number of anilines is 1. The van der Waals surface area contributed by atoms with Gasteiger partial charge in [-0.3, -0.25) is 4.79 Å². The summed E-state index contributed by atoms with van der Waals surface area (Å²) in [5.74, 6) is 0.0857. The number of hydrogen-bond donors (Lipinski definition) is 2. The van der Waals surface area contributed by atoms with Crippen molar-refractivity contribution in [2.75, 3.05) is 5.73 Å². The average molecular weight is 260 g/mol. The molecule has 2 rings (SSSR count). The van der Waals surface area contributed by atoms with Crippen LogP contribution in [0.5, 0.6) is 0 Å². The van der Waals surface area contributed by atoms with Gasteiger partial charge in [0.1, 0.15) is 0 Å². The fourth-order valence-corrected chi connectivity index (χ4v) is 2.69. The minimum Gasteiger partial charge on any atom is -0.398 e. The van der Waals surface area contributed by atoms with Crippen molar-refractivity contribution in [2.45, 2.75) is 52.0 Å². The van der Waals surface area contributed by atoms with E-state index in [2.05, 4.69) is 19.2 Å². The summed E-state index contributed by atoms with van der Waals surface area (Å²) in [6.45, 7) is 4.60. The Hall–Kier alpha value is -1.51. The number of hydrogen-bond acceptors (Lipinski definition) is 2. The van der Waals surface area contributed by atoms with Gasteiger partial charge in [0.2, 0.25) is 5.91 Å². The first-order valence-electron chi connectivity index (χ1n) is 7.09. The van der Waals surface area contributed by atoms with Crippen LogP contribution in [0.15, 0.2) is 24.3 Å². The second-order valence-electron chi connectivity index (χ2n) is 6.38. The average Bonchev–Trinajstić information content (AvgIpc) is 2.35. The molecule has 0 heterocycles. The summed E-state index contributed by atoms with van der Waals surface area (Å²) in [5, 5.41) is 3.14. The van der Waals surface area contributed by atoms with Gasteiger partial charge in [-0.2, -0.15) is 0 Å². The number of carbonyl (C=O) groups is 1. The Kier molecular flexibility index (Phi) is 4.13. The van der Waals surface area contributed by atoms with Gasteiger partial charge in [0, 0.05) is 11.7 Å². The highest BCUT2D eigenvalue weighted by Crippen LogP contribution is 2.34. The van der Waals surface area contributed by atoms with E-state index in [0.717, 1.165) is 18.4 Å². The molecule has 0 aliphatic heterocycles. The molecule has 1 aliphatic carbocycles. The normalized spacial score (nSPS) is 19.1. The third kappa shape index (κ3) is 3.98. The van der Waals surface area contributed by atoms with E-state index in [0.29, 0.717) is 23.6 Å². The number of benzene rings is 1. The van der Waals surface area contributed by atoms with Crippen LogP contribution in [0, 0.1) is 5.41 Å². The molecule has 1 aromatic carbocycles. The van der Waals surface area contributed by atoms with Crippen LogP contribution in [-0.4, -0.2) is 11.9 Å². The van der Waals surface area contributed by atoms with Gasteiger partial charge in [-0.25, -0.2) is 0 Å². The summed E-state index contributed by atoms with van der Waals surface area (Å²) in [7, 11) is 0. The van der Waals surface area contributed by atoms with Gasteiger partial charge < -0.3 is 11.1 Å². The van der Waals surface area contributed by atoms with Crippen LogP contribution >= 0.6 is 0 Å². The van der Waals surface area contributed by atoms with Crippen molar-refractivity contribution >= 4 is 11.6 Å². The lowest BCUT2D eigenvalue weighted by atomic mass is 9.75. The Morgan fingerprint density at radius 3 is 2.58 bits per heavy atom. The van der Waals surface area contributed by atoms with E-state index in [-0.39, 0.29) is 5.91 Å². The van der Waals surface area contributed by atoms with Gasteiger partial charge >= 0.3 is 0 Å². The SMILES string of the molecule is CC1(C)CCC(NC(=O)Cc2ccccc2N)CC1. The molecular formula is C16H24N2O. The van der Waals surface area contributed by atoms with E-state index in [9.17, 15) is 4.79 Å². The molecule has 1 aromatic rings. The lowest BCUT2D eigenvalue weighted by molar-refractivity contribution is -0.121. The molecule has 104 valence electrons. The summed E-state index contributed by atoms with van der Waals surface area (Å²) < 4.78 is 0. The maximum Gasteiger partial charge on any atom is 0.224 e. The maximum absolute atomic E-state index is 12.0. The summed E-state index contributed by atoms with van der Waals surface area (Å²) in [5.41, 5.74) is 7.90. The summed E-state index contributed by atoms with van der Waals surface area (Å²) >= 11 is 0. The minimum absolute atomic E-state index is 0.0857. The Bertz CT molecular complexity index is 444. The topological polar surface area (TPSA) is 55.1 Å². The van der Waals surface area contributed by atoms with Crippen molar-refractivity contribution in [3.63, 3.8) is 0 Å². The Balaban J connectivity index is 1.84. The van der Waals surface area contributed by atoms with Crippen LogP contribution in [0.4, 0.5) is 5.69 Å². The van der Waals surface area contributed by atoms with Crippen LogP contribution in [0.2, 0.25) is 0 Å². The van der Waals surface area contributed by atoms with Crippen molar-refractivity contribution < 1.29 is 4.79 Å². The summed E-state index contributed by atoms with van der Waals surface area (Å²) in [6, 6.07) is 7.90. The molecule has 0 bridgehead atoms. The van der Waals surface area contributed by atoms with E-state index in [1.54, 1.807) is 0 Å². The van der Waals surface area contributed by atoms with Gasteiger partial charge in [0.05, 0.1) is 6.42 Å². The zero-order valence-electron chi connectivity index (χ0n) is 11.9. The number of para-hydroxylation sites is 1. The Morgan fingerprint density at radius 1 is 1.32 bits per heavy atom. The lowest BCUT2D eigenvalue weighted by Gasteiger charge is -2.34. The number of nitrogens with one attached hydrogen (secondary N) is 1. The zero-order chi connectivity index (χ0) is 13.9. The first-order valence-corrected chi connectivity index (χ1v) is 7.09. The molecule has 19 heavy (non-hydrogen) atoms. The monoisotopic (exact) mass is 260 g/mol. The number of carbonyl (C=O) groups excluding carboxylic acids is 1. The molecule has 0 aromatic heterocycles. The van der Waals surface area contributed by atoms with E-state index in [1.807, 2.05) is 24.3 Å². The third-order valence-electron chi connectivity index (χ3n) is 4.11. The highest BCUT2D eigenvalue weighted by molar-refractivity contribution is 5.80. The molecule has 0 saturated heterocycles. The molecule has 0 spiro atoms. The molecule has 3 nitrogen and oxygen atoms in total. The predicted octanol–water partition coefficient (Wildman–Crippen LogP) is 2.90. The molecular weight excluding hydrogens is 236 g/mol. The van der Waals surface area contributed by atoms with Crippen LogP contribution in [0.3, 0.4) is 0 Å². The van der Waals surface area contributed by atoms with Crippen LogP contribution in [-0.2, 0) is 11.2 Å². The third-order valence-corrected chi connectivity index (χ3v) is 4.11. The molecule has 0 atom stereocenters.